The Balaban J connectivity index is 1.44. The molecule has 39 heavy (non-hydrogen) atoms. The van der Waals surface area contributed by atoms with Crippen LogP contribution in [0.3, 0.4) is 0 Å². The number of hydrogen-bond acceptors (Lipinski definition) is 7. The Bertz CT molecular complexity index is 1170. The fraction of sp³-hybridized carbons (Fsp3) is 0.419. The summed E-state index contributed by atoms with van der Waals surface area (Å²) >= 11 is 0. The van der Waals surface area contributed by atoms with Gasteiger partial charge in [-0.25, -0.2) is 0 Å². The molecule has 0 aromatic heterocycles. The Morgan fingerprint density at radius 2 is 1.59 bits per heavy atom. The predicted molar refractivity (Wildman–Crippen MR) is 148 cm³/mol. The van der Waals surface area contributed by atoms with Crippen molar-refractivity contribution in [2.75, 3.05) is 20.3 Å². The van der Waals surface area contributed by atoms with E-state index in [1.165, 1.54) is 0 Å². The number of rotatable bonds is 11. The van der Waals surface area contributed by atoms with Crippen molar-refractivity contribution in [3.63, 3.8) is 0 Å². The van der Waals surface area contributed by atoms with Crippen molar-refractivity contribution in [1.29, 1.82) is 0 Å². The fourth-order valence-corrected chi connectivity index (χ4v) is 6.25. The average Bonchev–Trinajstić information content (AvgIpc) is 3.00. The molecule has 2 aliphatic heterocycles. The van der Waals surface area contributed by atoms with Crippen LogP contribution in [0.5, 0.6) is 5.75 Å². The molecule has 3 aromatic carbocycles. The molecule has 3 aromatic rings. The average molecular weight is 553 g/mol. The molecule has 0 saturated carbocycles. The summed E-state index contributed by atoms with van der Waals surface area (Å²) < 4.78 is 51.2. The second kappa shape index (κ2) is 13.7. The minimum absolute atomic E-state index is 0.288. The fourth-order valence-electron chi connectivity index (χ4n) is 4.83. The molecule has 2 fully saturated rings. The first kappa shape index (κ1) is 28.0. The summed E-state index contributed by atoms with van der Waals surface area (Å²) in [6.07, 6.45) is -0.786. The van der Waals surface area contributed by atoms with E-state index in [0.717, 1.165) is 29.7 Å². The van der Waals surface area contributed by atoms with Crippen LogP contribution in [0, 0.1) is 0 Å². The lowest BCUT2D eigenvalue weighted by Gasteiger charge is -2.49. The molecule has 0 bridgehead atoms. The van der Waals surface area contributed by atoms with Gasteiger partial charge in [-0.2, -0.15) is 0 Å². The van der Waals surface area contributed by atoms with Gasteiger partial charge in [0.05, 0.1) is 31.1 Å². The summed E-state index contributed by atoms with van der Waals surface area (Å²) in [4.78, 5) is 0.679. The molecule has 0 radical (unpaired) electrons. The van der Waals surface area contributed by atoms with Gasteiger partial charge >= 0.3 is 0 Å². The minimum atomic E-state index is -1.49. The standard InChI is InChI=1S/C31H36O7S/c1-3-4-19-34-29-28(35-20-22-15-17-24(33-2)18-16-22)27-26(21-36-30(38-27)23-11-7-5-8-12-23)37-31(29)39(32)25-13-9-6-10-14-25/h5-18,26-31H,3-4,19-21H2,1-2H3/t26?,27?,28?,29-,30?,31-,39?/m1/s1. The molecule has 5 unspecified atom stereocenters. The summed E-state index contributed by atoms with van der Waals surface area (Å²) in [5, 5.41) is 0. The molecule has 2 aliphatic rings. The molecule has 2 heterocycles. The Labute approximate surface area is 232 Å². The van der Waals surface area contributed by atoms with Crippen LogP contribution < -0.4 is 4.74 Å². The van der Waals surface area contributed by atoms with Crippen LogP contribution >= 0.6 is 0 Å². The van der Waals surface area contributed by atoms with Crippen LogP contribution in [0.25, 0.3) is 0 Å². The number of methoxy groups -OCH3 is 1. The van der Waals surface area contributed by atoms with Crippen molar-refractivity contribution < 1.29 is 32.6 Å². The predicted octanol–water partition coefficient (Wildman–Crippen LogP) is 5.41. The first-order valence-electron chi connectivity index (χ1n) is 13.5. The van der Waals surface area contributed by atoms with E-state index < -0.39 is 46.9 Å². The van der Waals surface area contributed by atoms with Gasteiger partial charge in [-0.15, -0.1) is 0 Å². The number of benzene rings is 3. The van der Waals surface area contributed by atoms with Gasteiger partial charge in [-0.1, -0.05) is 74.0 Å². The van der Waals surface area contributed by atoms with Crippen molar-refractivity contribution in [2.24, 2.45) is 0 Å². The third-order valence-electron chi connectivity index (χ3n) is 6.95. The summed E-state index contributed by atoms with van der Waals surface area (Å²) in [6.45, 7) is 3.23. The molecule has 0 N–H and O–H groups in total. The Hall–Kier alpha value is -2.59. The highest BCUT2D eigenvalue weighted by Gasteiger charge is 2.53. The van der Waals surface area contributed by atoms with E-state index in [4.69, 9.17) is 28.4 Å². The zero-order chi connectivity index (χ0) is 27.0. The second-order valence-electron chi connectivity index (χ2n) is 9.64. The number of fused-ring (bicyclic) bond motifs is 1. The zero-order valence-electron chi connectivity index (χ0n) is 22.3. The van der Waals surface area contributed by atoms with Crippen LogP contribution in [0.1, 0.15) is 37.2 Å². The highest BCUT2D eigenvalue weighted by atomic mass is 32.2. The molecule has 0 spiro atoms. The van der Waals surface area contributed by atoms with Crippen molar-refractivity contribution in [3.8, 4) is 5.75 Å². The number of hydrogen-bond donors (Lipinski definition) is 0. The third-order valence-corrected chi connectivity index (χ3v) is 8.49. The lowest BCUT2D eigenvalue weighted by molar-refractivity contribution is -0.329. The smallest absolute Gasteiger partial charge is 0.184 e. The maximum absolute atomic E-state index is 13.8. The number of ether oxygens (including phenoxy) is 6. The molecule has 0 amide bonds. The lowest BCUT2D eigenvalue weighted by atomic mass is 9.98. The van der Waals surface area contributed by atoms with Crippen LogP contribution in [0.4, 0.5) is 0 Å². The largest absolute Gasteiger partial charge is 0.497 e. The van der Waals surface area contributed by atoms with E-state index in [2.05, 4.69) is 6.92 Å². The molecule has 0 aliphatic carbocycles. The maximum atomic E-state index is 13.8. The van der Waals surface area contributed by atoms with Crippen LogP contribution in [0.2, 0.25) is 0 Å². The molecular formula is C31H36O7S. The van der Waals surface area contributed by atoms with Crippen LogP contribution in [-0.2, 0) is 41.1 Å². The van der Waals surface area contributed by atoms with E-state index in [1.807, 2.05) is 84.9 Å². The third kappa shape index (κ3) is 6.77. The summed E-state index contributed by atoms with van der Waals surface area (Å²) in [5.41, 5.74) is 1.16. The van der Waals surface area contributed by atoms with Gasteiger partial charge in [0.2, 0.25) is 0 Å². The summed E-state index contributed by atoms with van der Waals surface area (Å²) in [5.74, 6) is 0.780. The van der Waals surface area contributed by atoms with E-state index >= 15 is 0 Å². The zero-order valence-corrected chi connectivity index (χ0v) is 23.2. The van der Waals surface area contributed by atoms with Gasteiger partial charge < -0.3 is 28.4 Å². The monoisotopic (exact) mass is 552 g/mol. The quantitative estimate of drug-likeness (QED) is 0.295. The molecule has 7 nitrogen and oxygen atoms in total. The molecule has 5 rings (SSSR count). The van der Waals surface area contributed by atoms with Crippen LogP contribution in [0.15, 0.2) is 89.8 Å². The Kier molecular flexibility index (Phi) is 9.79. The van der Waals surface area contributed by atoms with E-state index in [-0.39, 0.29) is 6.61 Å². The van der Waals surface area contributed by atoms with Crippen LogP contribution in [-0.4, -0.2) is 54.4 Å². The van der Waals surface area contributed by atoms with Gasteiger partial charge in [-0.3, -0.25) is 4.21 Å². The topological polar surface area (TPSA) is 72.5 Å². The lowest BCUT2D eigenvalue weighted by Crippen LogP contribution is -2.64. The summed E-state index contributed by atoms with van der Waals surface area (Å²) in [7, 11) is 0.150. The van der Waals surface area contributed by atoms with Gasteiger partial charge in [-0.05, 0) is 36.2 Å². The molecule has 8 heteroatoms. The first-order valence-corrected chi connectivity index (χ1v) is 14.7. The van der Waals surface area contributed by atoms with E-state index in [9.17, 15) is 4.21 Å². The van der Waals surface area contributed by atoms with Crippen molar-refractivity contribution in [1.82, 2.24) is 0 Å². The molecule has 208 valence electrons. The number of unbranched alkanes of at least 4 members (excludes halogenated alkanes) is 1. The Morgan fingerprint density at radius 3 is 2.28 bits per heavy atom. The maximum Gasteiger partial charge on any atom is 0.184 e. The SMILES string of the molecule is CCCCO[C@@H]1C(OCc2ccc(OC)cc2)C2OC(c3ccccc3)OCC2O[C@@H]1S(=O)c1ccccc1. The highest BCUT2D eigenvalue weighted by molar-refractivity contribution is 7.85. The van der Waals surface area contributed by atoms with Crippen molar-refractivity contribution in [3.05, 3.63) is 96.1 Å². The summed E-state index contributed by atoms with van der Waals surface area (Å²) in [6, 6.07) is 26.9. The highest BCUT2D eigenvalue weighted by Crippen LogP contribution is 2.38. The molecule has 7 atom stereocenters. The molecular weight excluding hydrogens is 516 g/mol. The van der Waals surface area contributed by atoms with E-state index in [0.29, 0.717) is 18.1 Å². The van der Waals surface area contributed by atoms with Crippen molar-refractivity contribution >= 4 is 10.8 Å². The van der Waals surface area contributed by atoms with Gasteiger partial charge in [0, 0.05) is 17.1 Å². The van der Waals surface area contributed by atoms with Gasteiger partial charge in [0.1, 0.15) is 30.2 Å². The molecule has 2 saturated heterocycles. The van der Waals surface area contributed by atoms with Gasteiger partial charge in [0.25, 0.3) is 0 Å². The van der Waals surface area contributed by atoms with E-state index in [1.54, 1.807) is 7.11 Å². The Morgan fingerprint density at radius 1 is 0.872 bits per heavy atom. The first-order chi connectivity index (χ1) is 19.2. The second-order valence-corrected chi connectivity index (χ2v) is 11.2. The van der Waals surface area contributed by atoms with Crippen molar-refractivity contribution in [2.45, 2.75) is 67.4 Å². The van der Waals surface area contributed by atoms with Gasteiger partial charge in [0.15, 0.2) is 11.7 Å². The minimum Gasteiger partial charge on any atom is -0.497 e. The normalized spacial score (nSPS) is 27.4.